The standard InChI is InChI=1S/C23H21N3O4S2/c1-15(2)21-22(27)25-23(31-21)26-24-14-19-18-11-7-6-8-16(18)12-13-20(19)30-32(28,29)17-9-4-3-5-10-17/h3-15,21H,1-2H3,(H,25,26,27). The molecule has 0 spiro atoms. The molecule has 1 saturated heterocycles. The first-order valence-electron chi connectivity index (χ1n) is 9.95. The third kappa shape index (κ3) is 4.68. The van der Waals surface area contributed by atoms with Crippen LogP contribution in [-0.2, 0) is 14.9 Å². The molecular weight excluding hydrogens is 446 g/mol. The number of nitrogens with zero attached hydrogens (tertiary/aromatic N) is 2. The van der Waals surface area contributed by atoms with Crippen LogP contribution in [0.1, 0.15) is 19.4 Å². The second-order valence-electron chi connectivity index (χ2n) is 7.47. The lowest BCUT2D eigenvalue weighted by Gasteiger charge is -2.11. The Morgan fingerprint density at radius 2 is 1.75 bits per heavy atom. The molecule has 3 aromatic carbocycles. The summed E-state index contributed by atoms with van der Waals surface area (Å²) in [5, 5.41) is 12.8. The lowest BCUT2D eigenvalue weighted by atomic mass is 10.0. The van der Waals surface area contributed by atoms with Crippen LogP contribution < -0.4 is 9.50 Å². The largest absolute Gasteiger partial charge is 0.378 e. The van der Waals surface area contributed by atoms with Crippen molar-refractivity contribution in [1.29, 1.82) is 0 Å². The summed E-state index contributed by atoms with van der Waals surface area (Å²) in [7, 11) is -4.03. The van der Waals surface area contributed by atoms with Gasteiger partial charge in [0.1, 0.15) is 4.90 Å². The lowest BCUT2D eigenvalue weighted by molar-refractivity contribution is -0.119. The minimum absolute atomic E-state index is 0.0566. The fourth-order valence-corrected chi connectivity index (χ4v) is 5.14. The highest BCUT2D eigenvalue weighted by Gasteiger charge is 2.32. The Labute approximate surface area is 190 Å². The molecular formula is C23H21N3O4S2. The zero-order chi connectivity index (χ0) is 22.7. The molecule has 1 unspecified atom stereocenters. The summed E-state index contributed by atoms with van der Waals surface area (Å²) in [5.41, 5.74) is 0.474. The number of nitrogens with one attached hydrogen (secondary N) is 1. The van der Waals surface area contributed by atoms with E-state index >= 15 is 0 Å². The summed E-state index contributed by atoms with van der Waals surface area (Å²) < 4.78 is 31.0. The highest BCUT2D eigenvalue weighted by molar-refractivity contribution is 8.15. The Balaban J connectivity index is 1.69. The van der Waals surface area contributed by atoms with E-state index in [1.807, 2.05) is 38.1 Å². The lowest BCUT2D eigenvalue weighted by Crippen LogP contribution is -2.27. The average Bonchev–Trinajstić information content (AvgIpc) is 3.16. The van der Waals surface area contributed by atoms with Crippen LogP contribution in [0.2, 0.25) is 0 Å². The van der Waals surface area contributed by atoms with Gasteiger partial charge in [-0.3, -0.25) is 4.79 Å². The molecule has 1 atom stereocenters. The van der Waals surface area contributed by atoms with E-state index in [0.29, 0.717) is 10.7 Å². The Kier molecular flexibility index (Phi) is 6.29. The summed E-state index contributed by atoms with van der Waals surface area (Å²) in [6.45, 7) is 3.94. The van der Waals surface area contributed by atoms with Gasteiger partial charge in [0.05, 0.1) is 11.5 Å². The fourth-order valence-electron chi connectivity index (χ4n) is 3.24. The summed E-state index contributed by atoms with van der Waals surface area (Å²) in [6, 6.07) is 18.8. The van der Waals surface area contributed by atoms with Gasteiger partial charge < -0.3 is 9.50 Å². The number of hydrogen-bond acceptors (Lipinski definition) is 7. The zero-order valence-electron chi connectivity index (χ0n) is 17.4. The SMILES string of the molecule is CC(C)C1SC(=NN=Cc2c(OS(=O)(=O)c3ccccc3)ccc3ccccc23)NC1=O. The third-order valence-corrected chi connectivity index (χ3v) is 7.50. The van der Waals surface area contributed by atoms with Crippen LogP contribution in [0.25, 0.3) is 10.8 Å². The molecule has 7 nitrogen and oxygen atoms in total. The normalized spacial score (nSPS) is 18.0. The molecule has 1 heterocycles. The van der Waals surface area contributed by atoms with Gasteiger partial charge in [-0.2, -0.15) is 13.5 Å². The Morgan fingerprint density at radius 1 is 1.03 bits per heavy atom. The maximum absolute atomic E-state index is 12.8. The summed E-state index contributed by atoms with van der Waals surface area (Å²) in [6.07, 6.45) is 1.45. The summed E-state index contributed by atoms with van der Waals surface area (Å²) in [5.74, 6) is 0.208. The molecule has 0 radical (unpaired) electrons. The van der Waals surface area contributed by atoms with Gasteiger partial charge in [-0.05, 0) is 34.9 Å². The van der Waals surface area contributed by atoms with E-state index in [2.05, 4.69) is 15.5 Å². The van der Waals surface area contributed by atoms with Crippen molar-refractivity contribution in [1.82, 2.24) is 5.32 Å². The molecule has 1 amide bonds. The third-order valence-electron chi connectivity index (χ3n) is 4.83. The van der Waals surface area contributed by atoms with Gasteiger partial charge in [0, 0.05) is 5.56 Å². The second kappa shape index (κ2) is 9.13. The van der Waals surface area contributed by atoms with Crippen molar-refractivity contribution in [3.8, 4) is 5.75 Å². The molecule has 1 aliphatic rings. The molecule has 0 bridgehead atoms. The van der Waals surface area contributed by atoms with Crippen LogP contribution in [0.15, 0.2) is 81.8 Å². The van der Waals surface area contributed by atoms with Gasteiger partial charge in [0.2, 0.25) is 5.91 Å². The molecule has 1 N–H and O–H groups in total. The quantitative estimate of drug-likeness (QED) is 0.333. The van der Waals surface area contributed by atoms with Gasteiger partial charge in [0.25, 0.3) is 0 Å². The number of carbonyl (C=O) groups excluding carboxylic acids is 1. The first kappa shape index (κ1) is 22.0. The van der Waals surface area contributed by atoms with Crippen molar-refractivity contribution in [3.63, 3.8) is 0 Å². The van der Waals surface area contributed by atoms with E-state index < -0.39 is 10.1 Å². The molecule has 0 saturated carbocycles. The van der Waals surface area contributed by atoms with Crippen molar-refractivity contribution in [2.24, 2.45) is 16.1 Å². The van der Waals surface area contributed by atoms with E-state index in [9.17, 15) is 13.2 Å². The monoisotopic (exact) mass is 467 g/mol. The van der Waals surface area contributed by atoms with Crippen LogP contribution >= 0.6 is 11.8 Å². The van der Waals surface area contributed by atoms with Gasteiger partial charge >= 0.3 is 10.1 Å². The van der Waals surface area contributed by atoms with Gasteiger partial charge in [0.15, 0.2) is 10.9 Å². The number of amidine groups is 1. The number of fused-ring (bicyclic) bond motifs is 1. The van der Waals surface area contributed by atoms with Crippen molar-refractivity contribution < 1.29 is 17.4 Å². The van der Waals surface area contributed by atoms with E-state index in [0.717, 1.165) is 10.8 Å². The minimum atomic E-state index is -4.03. The second-order valence-corrected chi connectivity index (χ2v) is 10.1. The number of benzene rings is 3. The van der Waals surface area contributed by atoms with Crippen LogP contribution in [0.3, 0.4) is 0 Å². The molecule has 32 heavy (non-hydrogen) atoms. The van der Waals surface area contributed by atoms with Crippen LogP contribution in [0.4, 0.5) is 0 Å². The molecule has 3 aromatic rings. The molecule has 164 valence electrons. The average molecular weight is 468 g/mol. The summed E-state index contributed by atoms with van der Waals surface area (Å²) >= 11 is 1.33. The van der Waals surface area contributed by atoms with E-state index in [1.54, 1.807) is 30.3 Å². The fraction of sp³-hybridized carbons (Fsp3) is 0.174. The molecule has 1 aliphatic heterocycles. The van der Waals surface area contributed by atoms with Crippen LogP contribution in [-0.4, -0.2) is 31.0 Å². The van der Waals surface area contributed by atoms with E-state index in [1.165, 1.54) is 30.1 Å². The Bertz CT molecular complexity index is 1320. The number of hydrogen-bond donors (Lipinski definition) is 1. The number of amides is 1. The van der Waals surface area contributed by atoms with E-state index in [-0.39, 0.29) is 27.7 Å². The van der Waals surface area contributed by atoms with Crippen molar-refractivity contribution in [2.75, 3.05) is 0 Å². The van der Waals surface area contributed by atoms with Crippen molar-refractivity contribution >= 4 is 49.9 Å². The Hall–Kier alpha value is -3.17. The van der Waals surface area contributed by atoms with Gasteiger partial charge in [-0.1, -0.05) is 74.1 Å². The number of thioether (sulfide) groups is 1. The molecule has 4 rings (SSSR count). The smallest absolute Gasteiger partial charge is 0.339 e. The summed E-state index contributed by atoms with van der Waals surface area (Å²) in [4.78, 5) is 12.1. The van der Waals surface area contributed by atoms with E-state index in [4.69, 9.17) is 4.18 Å². The van der Waals surface area contributed by atoms with Crippen molar-refractivity contribution in [3.05, 3.63) is 72.3 Å². The Morgan fingerprint density at radius 3 is 2.47 bits per heavy atom. The predicted molar refractivity (Wildman–Crippen MR) is 128 cm³/mol. The molecule has 9 heteroatoms. The number of carbonyl (C=O) groups is 1. The molecule has 0 aromatic heterocycles. The highest BCUT2D eigenvalue weighted by atomic mass is 32.2. The minimum Gasteiger partial charge on any atom is -0.378 e. The van der Waals surface area contributed by atoms with Crippen LogP contribution in [0, 0.1) is 5.92 Å². The maximum atomic E-state index is 12.8. The number of rotatable bonds is 6. The highest BCUT2D eigenvalue weighted by Crippen LogP contribution is 2.30. The molecule has 0 aliphatic carbocycles. The van der Waals surface area contributed by atoms with Crippen LogP contribution in [0.5, 0.6) is 5.75 Å². The first-order chi connectivity index (χ1) is 15.3. The molecule has 1 fully saturated rings. The maximum Gasteiger partial charge on any atom is 0.339 e. The predicted octanol–water partition coefficient (Wildman–Crippen LogP) is 4.19. The first-order valence-corrected chi connectivity index (χ1v) is 12.2. The van der Waals surface area contributed by atoms with Gasteiger partial charge in [-0.25, -0.2) is 0 Å². The van der Waals surface area contributed by atoms with Gasteiger partial charge in [-0.15, -0.1) is 5.10 Å². The van der Waals surface area contributed by atoms with Crippen molar-refractivity contribution in [2.45, 2.75) is 24.0 Å². The topological polar surface area (TPSA) is 97.2 Å². The zero-order valence-corrected chi connectivity index (χ0v) is 19.1.